The van der Waals surface area contributed by atoms with Gasteiger partial charge in [0.15, 0.2) is 0 Å². The molecule has 0 saturated heterocycles. The number of aryl methyl sites for hydroxylation is 2. The van der Waals surface area contributed by atoms with Gasteiger partial charge in [0.1, 0.15) is 4.88 Å². The standard InChI is InChI=1S/C12H13N3O3S/c1-8-7-10(19-11(8)12(17)18)14-9(16)3-6-15-5-2-4-13-15/h2,4-5,7H,3,6H2,1H3,(H,14,16)(H,17,18). The minimum absolute atomic E-state index is 0.159. The van der Waals surface area contributed by atoms with Crippen molar-refractivity contribution < 1.29 is 14.7 Å². The number of aromatic nitrogens is 2. The predicted molar refractivity (Wildman–Crippen MR) is 71.5 cm³/mol. The number of rotatable bonds is 5. The second kappa shape index (κ2) is 5.66. The van der Waals surface area contributed by atoms with Crippen LogP contribution in [0, 0.1) is 6.92 Å². The zero-order chi connectivity index (χ0) is 13.8. The molecule has 19 heavy (non-hydrogen) atoms. The molecule has 0 radical (unpaired) electrons. The third-order valence-electron chi connectivity index (χ3n) is 2.50. The first-order valence-corrected chi connectivity index (χ1v) is 6.49. The largest absolute Gasteiger partial charge is 0.477 e. The fraction of sp³-hybridized carbons (Fsp3) is 0.250. The lowest BCUT2D eigenvalue weighted by molar-refractivity contribution is -0.116. The van der Waals surface area contributed by atoms with Crippen LogP contribution in [0.4, 0.5) is 5.00 Å². The highest BCUT2D eigenvalue weighted by Crippen LogP contribution is 2.26. The Morgan fingerprint density at radius 2 is 2.32 bits per heavy atom. The van der Waals surface area contributed by atoms with Gasteiger partial charge in [-0.25, -0.2) is 4.79 Å². The van der Waals surface area contributed by atoms with E-state index in [9.17, 15) is 9.59 Å². The van der Waals surface area contributed by atoms with Crippen molar-refractivity contribution in [2.75, 3.05) is 5.32 Å². The summed E-state index contributed by atoms with van der Waals surface area (Å²) in [6, 6.07) is 3.46. The van der Waals surface area contributed by atoms with Crippen LogP contribution in [0.3, 0.4) is 0 Å². The summed E-state index contributed by atoms with van der Waals surface area (Å²) in [6.07, 6.45) is 3.73. The summed E-state index contributed by atoms with van der Waals surface area (Å²) in [6.45, 7) is 2.20. The van der Waals surface area contributed by atoms with Crippen LogP contribution in [0.5, 0.6) is 0 Å². The quantitative estimate of drug-likeness (QED) is 0.876. The van der Waals surface area contributed by atoms with E-state index >= 15 is 0 Å². The predicted octanol–water partition coefficient (Wildman–Crippen LogP) is 1.98. The van der Waals surface area contributed by atoms with Crippen LogP contribution in [0.25, 0.3) is 0 Å². The number of carbonyl (C=O) groups excluding carboxylic acids is 1. The van der Waals surface area contributed by atoms with Gasteiger partial charge in [0, 0.05) is 25.4 Å². The zero-order valence-corrected chi connectivity index (χ0v) is 11.1. The maximum absolute atomic E-state index is 11.7. The van der Waals surface area contributed by atoms with Crippen molar-refractivity contribution >= 4 is 28.2 Å². The van der Waals surface area contributed by atoms with E-state index in [-0.39, 0.29) is 10.8 Å². The van der Waals surface area contributed by atoms with Crippen LogP contribution < -0.4 is 5.32 Å². The summed E-state index contributed by atoms with van der Waals surface area (Å²) in [5, 5.41) is 16.2. The first kappa shape index (κ1) is 13.3. The van der Waals surface area contributed by atoms with Crippen molar-refractivity contribution in [1.29, 1.82) is 0 Å². The van der Waals surface area contributed by atoms with Crippen molar-refractivity contribution in [2.45, 2.75) is 19.9 Å². The summed E-state index contributed by atoms with van der Waals surface area (Å²) in [5.74, 6) is -1.13. The third kappa shape index (κ3) is 3.41. The third-order valence-corrected chi connectivity index (χ3v) is 3.64. The number of carboxylic acids is 1. The molecule has 1 amide bonds. The molecule has 2 aromatic heterocycles. The molecule has 2 aromatic rings. The van der Waals surface area contributed by atoms with E-state index in [1.807, 2.05) is 0 Å². The Morgan fingerprint density at radius 3 is 2.89 bits per heavy atom. The van der Waals surface area contributed by atoms with Crippen LogP contribution in [0.1, 0.15) is 21.7 Å². The zero-order valence-electron chi connectivity index (χ0n) is 10.3. The number of hydrogen-bond donors (Lipinski definition) is 2. The first-order chi connectivity index (χ1) is 9.06. The van der Waals surface area contributed by atoms with Gasteiger partial charge in [0.05, 0.1) is 5.00 Å². The van der Waals surface area contributed by atoms with Gasteiger partial charge < -0.3 is 10.4 Å². The van der Waals surface area contributed by atoms with Crippen molar-refractivity contribution in [3.63, 3.8) is 0 Å². The average Bonchev–Trinajstić information content (AvgIpc) is 2.96. The summed E-state index contributed by atoms with van der Waals surface area (Å²) in [4.78, 5) is 22.8. The maximum Gasteiger partial charge on any atom is 0.346 e. The number of carboxylic acid groups (broad SMARTS) is 1. The van der Waals surface area contributed by atoms with E-state index in [0.717, 1.165) is 11.3 Å². The Morgan fingerprint density at radius 1 is 1.53 bits per heavy atom. The molecule has 2 heterocycles. The molecule has 7 heteroatoms. The lowest BCUT2D eigenvalue weighted by Gasteiger charge is -2.02. The van der Waals surface area contributed by atoms with Crippen LogP contribution in [0.15, 0.2) is 24.5 Å². The van der Waals surface area contributed by atoms with E-state index in [1.165, 1.54) is 0 Å². The summed E-state index contributed by atoms with van der Waals surface area (Å²) >= 11 is 1.07. The van der Waals surface area contributed by atoms with Crippen LogP contribution in [0.2, 0.25) is 0 Å². The molecule has 0 aliphatic rings. The van der Waals surface area contributed by atoms with Crippen LogP contribution in [-0.2, 0) is 11.3 Å². The SMILES string of the molecule is Cc1cc(NC(=O)CCn2cccn2)sc1C(=O)O. The molecule has 0 aliphatic heterocycles. The highest BCUT2D eigenvalue weighted by Gasteiger charge is 2.13. The first-order valence-electron chi connectivity index (χ1n) is 5.67. The molecule has 0 fully saturated rings. The van der Waals surface area contributed by atoms with Gasteiger partial charge in [-0.05, 0) is 24.6 Å². The van der Waals surface area contributed by atoms with E-state index in [1.54, 1.807) is 36.1 Å². The second-order valence-electron chi connectivity index (χ2n) is 4.00. The lowest BCUT2D eigenvalue weighted by atomic mass is 10.3. The number of nitrogens with zero attached hydrogens (tertiary/aromatic N) is 2. The molecule has 2 rings (SSSR count). The topological polar surface area (TPSA) is 84.2 Å². The Bertz CT molecular complexity index is 589. The van der Waals surface area contributed by atoms with E-state index in [0.29, 0.717) is 23.5 Å². The summed E-state index contributed by atoms with van der Waals surface area (Å²) < 4.78 is 1.67. The summed E-state index contributed by atoms with van der Waals surface area (Å²) in [7, 11) is 0. The minimum atomic E-state index is -0.973. The van der Waals surface area contributed by atoms with Gasteiger partial charge in [-0.3, -0.25) is 9.48 Å². The lowest BCUT2D eigenvalue weighted by Crippen LogP contribution is -2.13. The molecule has 100 valence electrons. The molecule has 0 saturated carbocycles. The number of hydrogen-bond acceptors (Lipinski definition) is 4. The number of aromatic carboxylic acids is 1. The summed E-state index contributed by atoms with van der Waals surface area (Å²) in [5.41, 5.74) is 0.653. The van der Waals surface area contributed by atoms with Crippen LogP contribution >= 0.6 is 11.3 Å². The molecule has 0 unspecified atom stereocenters. The Balaban J connectivity index is 1.91. The molecular formula is C12H13N3O3S. The highest BCUT2D eigenvalue weighted by atomic mass is 32.1. The van der Waals surface area contributed by atoms with Gasteiger partial charge in [0.2, 0.25) is 5.91 Å². The van der Waals surface area contributed by atoms with Gasteiger partial charge >= 0.3 is 5.97 Å². The number of nitrogens with one attached hydrogen (secondary N) is 1. The van der Waals surface area contributed by atoms with Gasteiger partial charge in [-0.1, -0.05) is 0 Å². The molecule has 6 nitrogen and oxygen atoms in total. The van der Waals surface area contributed by atoms with E-state index < -0.39 is 5.97 Å². The van der Waals surface area contributed by atoms with Crippen LogP contribution in [-0.4, -0.2) is 26.8 Å². The Kier molecular flexibility index (Phi) is 3.96. The van der Waals surface area contributed by atoms with Crippen molar-refractivity contribution in [1.82, 2.24) is 9.78 Å². The smallest absolute Gasteiger partial charge is 0.346 e. The molecule has 0 bridgehead atoms. The number of carbonyl (C=O) groups is 2. The monoisotopic (exact) mass is 279 g/mol. The van der Waals surface area contributed by atoms with Gasteiger partial charge in [-0.15, -0.1) is 11.3 Å². The van der Waals surface area contributed by atoms with Crippen molar-refractivity contribution in [3.05, 3.63) is 35.0 Å². The maximum atomic E-state index is 11.7. The highest BCUT2D eigenvalue weighted by molar-refractivity contribution is 7.18. The average molecular weight is 279 g/mol. The number of anilines is 1. The van der Waals surface area contributed by atoms with E-state index in [4.69, 9.17) is 5.11 Å². The molecule has 0 aliphatic carbocycles. The Hall–Kier alpha value is -2.15. The van der Waals surface area contributed by atoms with Gasteiger partial charge in [-0.2, -0.15) is 5.10 Å². The fourth-order valence-electron chi connectivity index (χ4n) is 1.60. The van der Waals surface area contributed by atoms with Gasteiger partial charge in [0.25, 0.3) is 0 Å². The fourth-order valence-corrected chi connectivity index (χ4v) is 2.53. The van der Waals surface area contributed by atoms with Crippen molar-refractivity contribution in [3.8, 4) is 0 Å². The molecule has 0 atom stereocenters. The normalized spacial score (nSPS) is 10.4. The molecule has 0 aromatic carbocycles. The molecule has 2 N–H and O–H groups in total. The molecular weight excluding hydrogens is 266 g/mol. The molecule has 0 spiro atoms. The minimum Gasteiger partial charge on any atom is -0.477 e. The van der Waals surface area contributed by atoms with Crippen molar-refractivity contribution in [2.24, 2.45) is 0 Å². The second-order valence-corrected chi connectivity index (χ2v) is 5.05. The number of thiophene rings is 1. The Labute approximate surface area is 113 Å². The number of amides is 1. The van der Waals surface area contributed by atoms with E-state index in [2.05, 4.69) is 10.4 Å².